The summed E-state index contributed by atoms with van der Waals surface area (Å²) >= 11 is 3.48. The van der Waals surface area contributed by atoms with E-state index in [1.807, 2.05) is 50.2 Å². The number of aryl methyl sites for hydroxylation is 2. The summed E-state index contributed by atoms with van der Waals surface area (Å²) in [6.07, 6.45) is 4.30. The Morgan fingerprint density at radius 1 is 1.13 bits per heavy atom. The fraction of sp³-hybridized carbons (Fsp3) is 0.440. The molecule has 6 heteroatoms. The van der Waals surface area contributed by atoms with E-state index >= 15 is 0 Å². The summed E-state index contributed by atoms with van der Waals surface area (Å²) in [5.74, 6) is 0.339. The van der Waals surface area contributed by atoms with Crippen LogP contribution in [0.1, 0.15) is 49.3 Å². The van der Waals surface area contributed by atoms with Crippen LogP contribution in [0, 0.1) is 13.8 Å². The number of ether oxygens (including phenoxy) is 1. The Labute approximate surface area is 193 Å². The molecule has 0 saturated heterocycles. The first-order chi connectivity index (χ1) is 14.8. The van der Waals surface area contributed by atoms with Crippen LogP contribution in [0.3, 0.4) is 0 Å². The van der Waals surface area contributed by atoms with E-state index in [0.29, 0.717) is 12.3 Å². The molecule has 0 bridgehead atoms. The van der Waals surface area contributed by atoms with Crippen molar-refractivity contribution in [3.8, 4) is 5.75 Å². The zero-order chi connectivity index (χ0) is 22.4. The topological polar surface area (TPSA) is 58.6 Å². The molecule has 2 aromatic carbocycles. The van der Waals surface area contributed by atoms with Crippen LogP contribution in [0.5, 0.6) is 5.75 Å². The molecule has 1 fully saturated rings. The number of halogens is 1. The lowest BCUT2D eigenvalue weighted by atomic mass is 10.1. The van der Waals surface area contributed by atoms with Crippen LogP contribution in [0.2, 0.25) is 0 Å². The molecule has 31 heavy (non-hydrogen) atoms. The first-order valence-electron chi connectivity index (χ1n) is 10.9. The van der Waals surface area contributed by atoms with Crippen molar-refractivity contribution >= 4 is 27.7 Å². The van der Waals surface area contributed by atoms with E-state index in [2.05, 4.69) is 27.3 Å². The van der Waals surface area contributed by atoms with Gasteiger partial charge in [-0.15, -0.1) is 0 Å². The van der Waals surface area contributed by atoms with Gasteiger partial charge in [0.25, 0.3) is 5.91 Å². The minimum absolute atomic E-state index is 0.110. The molecule has 1 aliphatic carbocycles. The first kappa shape index (κ1) is 23.3. The van der Waals surface area contributed by atoms with Gasteiger partial charge in [-0.2, -0.15) is 0 Å². The summed E-state index contributed by atoms with van der Waals surface area (Å²) in [6.45, 7) is 6.01. The van der Waals surface area contributed by atoms with Gasteiger partial charge in [0.15, 0.2) is 6.61 Å². The number of carbonyl (C=O) groups is 2. The number of benzene rings is 2. The van der Waals surface area contributed by atoms with Crippen molar-refractivity contribution in [2.75, 3.05) is 6.61 Å². The molecule has 5 nitrogen and oxygen atoms in total. The Bertz CT molecular complexity index is 904. The lowest BCUT2D eigenvalue weighted by Gasteiger charge is -2.29. The fourth-order valence-electron chi connectivity index (χ4n) is 4.05. The van der Waals surface area contributed by atoms with Gasteiger partial charge in [-0.25, -0.2) is 0 Å². The van der Waals surface area contributed by atoms with Crippen molar-refractivity contribution in [3.05, 3.63) is 63.6 Å². The molecule has 1 N–H and O–H groups in total. The van der Waals surface area contributed by atoms with Gasteiger partial charge in [-0.1, -0.05) is 47.0 Å². The molecule has 2 aromatic rings. The van der Waals surface area contributed by atoms with E-state index in [9.17, 15) is 9.59 Å². The van der Waals surface area contributed by atoms with E-state index in [0.717, 1.165) is 46.8 Å². The number of carbonyl (C=O) groups excluding carboxylic acids is 2. The molecule has 3 rings (SSSR count). The highest BCUT2D eigenvalue weighted by Crippen LogP contribution is 2.20. The molecule has 166 valence electrons. The highest BCUT2D eigenvalue weighted by molar-refractivity contribution is 9.10. The summed E-state index contributed by atoms with van der Waals surface area (Å²) < 4.78 is 6.74. The van der Waals surface area contributed by atoms with Crippen LogP contribution in [-0.2, 0) is 16.1 Å². The summed E-state index contributed by atoms with van der Waals surface area (Å²) in [4.78, 5) is 27.7. The molecule has 0 radical (unpaired) electrons. The van der Waals surface area contributed by atoms with Crippen molar-refractivity contribution < 1.29 is 14.3 Å². The Morgan fingerprint density at radius 2 is 1.81 bits per heavy atom. The van der Waals surface area contributed by atoms with Crippen LogP contribution < -0.4 is 10.1 Å². The number of nitrogens with one attached hydrogen (secondary N) is 1. The number of rotatable bonds is 8. The maximum absolute atomic E-state index is 13.2. The molecule has 0 unspecified atom stereocenters. The van der Waals surface area contributed by atoms with Gasteiger partial charge in [0, 0.05) is 17.1 Å². The molecule has 0 heterocycles. The second-order valence-electron chi connectivity index (χ2n) is 8.43. The van der Waals surface area contributed by atoms with Crippen molar-refractivity contribution in [3.63, 3.8) is 0 Å². The normalized spacial score (nSPS) is 14.8. The van der Waals surface area contributed by atoms with Crippen molar-refractivity contribution in [1.29, 1.82) is 0 Å². The standard InChI is InChI=1S/C25H31BrN2O3/c1-17-11-18(2)13-23(12-17)31-16-24(29)28(15-20-7-6-8-21(26)14-20)19(3)25(30)27-22-9-4-5-10-22/h6-8,11-14,19,22H,4-5,9-10,15-16H2,1-3H3,(H,27,30)/t19-/m1/s1. The highest BCUT2D eigenvalue weighted by atomic mass is 79.9. The van der Waals surface area contributed by atoms with Gasteiger partial charge in [-0.05, 0) is 74.6 Å². The van der Waals surface area contributed by atoms with Crippen LogP contribution >= 0.6 is 15.9 Å². The molecular weight excluding hydrogens is 456 g/mol. The Balaban J connectivity index is 1.73. The number of hydrogen-bond acceptors (Lipinski definition) is 3. The minimum Gasteiger partial charge on any atom is -0.484 e. The molecule has 2 amide bonds. The third-order valence-electron chi connectivity index (χ3n) is 5.67. The smallest absolute Gasteiger partial charge is 0.261 e. The minimum atomic E-state index is -0.588. The van der Waals surface area contributed by atoms with Gasteiger partial charge in [0.1, 0.15) is 11.8 Å². The summed E-state index contributed by atoms with van der Waals surface area (Å²) in [6, 6.07) is 13.3. The van der Waals surface area contributed by atoms with E-state index in [-0.39, 0.29) is 24.5 Å². The van der Waals surface area contributed by atoms with Gasteiger partial charge in [0.2, 0.25) is 5.91 Å². The van der Waals surface area contributed by atoms with Gasteiger partial charge >= 0.3 is 0 Å². The number of amides is 2. The maximum Gasteiger partial charge on any atom is 0.261 e. The predicted molar refractivity (Wildman–Crippen MR) is 126 cm³/mol. The highest BCUT2D eigenvalue weighted by Gasteiger charge is 2.28. The van der Waals surface area contributed by atoms with E-state index < -0.39 is 6.04 Å². The van der Waals surface area contributed by atoms with Crippen LogP contribution in [-0.4, -0.2) is 35.4 Å². The number of nitrogens with zero attached hydrogens (tertiary/aromatic N) is 1. The third-order valence-corrected chi connectivity index (χ3v) is 6.16. The van der Waals surface area contributed by atoms with E-state index in [4.69, 9.17) is 4.74 Å². The van der Waals surface area contributed by atoms with Crippen molar-refractivity contribution in [2.24, 2.45) is 0 Å². The summed E-state index contributed by atoms with van der Waals surface area (Å²) in [5.41, 5.74) is 3.12. The van der Waals surface area contributed by atoms with Crippen molar-refractivity contribution in [1.82, 2.24) is 10.2 Å². The van der Waals surface area contributed by atoms with Gasteiger partial charge < -0.3 is 15.0 Å². The van der Waals surface area contributed by atoms with E-state index in [1.54, 1.807) is 11.8 Å². The molecule has 0 aromatic heterocycles. The average Bonchev–Trinajstić information content (AvgIpc) is 3.22. The lowest BCUT2D eigenvalue weighted by Crippen LogP contribution is -2.50. The van der Waals surface area contributed by atoms with Crippen LogP contribution in [0.4, 0.5) is 0 Å². The maximum atomic E-state index is 13.2. The Morgan fingerprint density at radius 3 is 2.45 bits per heavy atom. The molecule has 1 saturated carbocycles. The molecule has 0 spiro atoms. The third kappa shape index (κ3) is 6.82. The zero-order valence-electron chi connectivity index (χ0n) is 18.5. The number of hydrogen-bond donors (Lipinski definition) is 1. The zero-order valence-corrected chi connectivity index (χ0v) is 20.1. The Hall–Kier alpha value is -2.34. The second-order valence-corrected chi connectivity index (χ2v) is 9.35. The fourth-order valence-corrected chi connectivity index (χ4v) is 4.50. The lowest BCUT2D eigenvalue weighted by molar-refractivity contribution is -0.142. The second kappa shape index (κ2) is 10.8. The van der Waals surface area contributed by atoms with Gasteiger partial charge in [0.05, 0.1) is 0 Å². The summed E-state index contributed by atoms with van der Waals surface area (Å²) in [7, 11) is 0. The average molecular weight is 487 g/mol. The quantitative estimate of drug-likeness (QED) is 0.575. The molecule has 1 aliphatic rings. The Kier molecular flexibility index (Phi) is 8.13. The molecule has 0 aliphatic heterocycles. The monoisotopic (exact) mass is 486 g/mol. The SMILES string of the molecule is Cc1cc(C)cc(OCC(=O)N(Cc2cccc(Br)c2)[C@H](C)C(=O)NC2CCCC2)c1. The van der Waals surface area contributed by atoms with Crippen LogP contribution in [0.25, 0.3) is 0 Å². The van der Waals surface area contributed by atoms with Gasteiger partial charge in [-0.3, -0.25) is 9.59 Å². The molecular formula is C25H31BrN2O3. The van der Waals surface area contributed by atoms with Crippen LogP contribution in [0.15, 0.2) is 46.9 Å². The van der Waals surface area contributed by atoms with E-state index in [1.165, 1.54) is 0 Å². The first-order valence-corrected chi connectivity index (χ1v) is 11.7. The van der Waals surface area contributed by atoms with Crippen molar-refractivity contribution in [2.45, 2.75) is 65.1 Å². The summed E-state index contributed by atoms with van der Waals surface area (Å²) in [5, 5.41) is 3.12. The predicted octanol–water partition coefficient (Wildman–Crippen LogP) is 4.92. The molecule has 1 atom stereocenters. The largest absolute Gasteiger partial charge is 0.484 e.